The number of para-hydroxylation sites is 2. The summed E-state index contributed by atoms with van der Waals surface area (Å²) in [5.41, 5.74) is 16.5. The van der Waals surface area contributed by atoms with Gasteiger partial charge in [0.05, 0.1) is 27.5 Å². The maximum Gasteiger partial charge on any atom is 0.0579 e. The van der Waals surface area contributed by atoms with Crippen LogP contribution in [0.5, 0.6) is 0 Å². The van der Waals surface area contributed by atoms with Gasteiger partial charge in [0, 0.05) is 32.8 Å². The molecule has 60 heavy (non-hydrogen) atoms. The zero-order valence-electron chi connectivity index (χ0n) is 36.9. The van der Waals surface area contributed by atoms with Crippen LogP contribution in [-0.4, -0.2) is 16.1 Å². The van der Waals surface area contributed by atoms with Crippen LogP contribution in [0.1, 0.15) is 42.5 Å². The highest BCUT2D eigenvalue weighted by Crippen LogP contribution is 2.61. The molecule has 2 aliphatic rings. The molecule has 8 rings (SSSR count). The summed E-state index contributed by atoms with van der Waals surface area (Å²) >= 11 is 0. The van der Waals surface area contributed by atoms with Crippen molar-refractivity contribution in [3.63, 3.8) is 0 Å². The Morgan fingerprint density at radius 1 is 0.567 bits per heavy atom. The van der Waals surface area contributed by atoms with Crippen molar-refractivity contribution in [2.24, 2.45) is 0 Å². The number of fused-ring (bicyclic) bond motifs is 4. The lowest BCUT2D eigenvalue weighted by atomic mass is 9.93. The fourth-order valence-electron chi connectivity index (χ4n) is 10.5. The quantitative estimate of drug-likeness (QED) is 0.127. The Hall–Kier alpha value is -5.69. The van der Waals surface area contributed by atoms with Crippen LogP contribution in [0.3, 0.4) is 0 Å². The van der Waals surface area contributed by atoms with Crippen LogP contribution < -0.4 is 9.80 Å². The molecule has 302 valence electrons. The predicted molar refractivity (Wildman–Crippen MR) is 268 cm³/mol. The molecule has 0 radical (unpaired) electrons. The number of allylic oxidation sites excluding steroid dienone is 7. The smallest absolute Gasteiger partial charge is 0.0579 e. The van der Waals surface area contributed by atoms with Crippen LogP contribution in [0.2, 0.25) is 39.3 Å². The van der Waals surface area contributed by atoms with Crippen LogP contribution in [0, 0.1) is 0 Å². The van der Waals surface area contributed by atoms with Gasteiger partial charge in [0.15, 0.2) is 0 Å². The Kier molecular flexibility index (Phi) is 11.2. The van der Waals surface area contributed by atoms with Crippen molar-refractivity contribution in [3.8, 4) is 0 Å². The highest BCUT2D eigenvalue weighted by atomic mass is 28.4. The van der Waals surface area contributed by atoms with Crippen molar-refractivity contribution in [3.05, 3.63) is 216 Å². The average molecular weight is 817 g/mol. The molecular weight excluding hydrogens is 757 g/mol. The first-order chi connectivity index (χ1) is 28.9. The first-order valence-electron chi connectivity index (χ1n) is 21.8. The fourth-order valence-corrected chi connectivity index (χ4v) is 23.6. The fraction of sp³-hybridized carbons (Fsp3) is 0.214. The van der Waals surface area contributed by atoms with Gasteiger partial charge in [-0.2, -0.15) is 0 Å². The minimum absolute atomic E-state index is 0.158. The van der Waals surface area contributed by atoms with Crippen molar-refractivity contribution < 1.29 is 0 Å². The van der Waals surface area contributed by atoms with E-state index in [1.807, 2.05) is 0 Å². The third kappa shape index (κ3) is 7.10. The van der Waals surface area contributed by atoms with Crippen molar-refractivity contribution in [2.45, 2.75) is 77.1 Å². The van der Waals surface area contributed by atoms with Gasteiger partial charge in [-0.05, 0) is 124 Å². The molecule has 6 aromatic carbocycles. The monoisotopic (exact) mass is 816 g/mol. The molecule has 0 N–H and O–H groups in total. The maximum absolute atomic E-state index is 4.84. The van der Waals surface area contributed by atoms with E-state index in [4.69, 9.17) is 6.58 Å². The van der Waals surface area contributed by atoms with E-state index in [1.165, 1.54) is 55.5 Å². The van der Waals surface area contributed by atoms with E-state index in [0.717, 1.165) is 47.6 Å². The molecule has 2 nitrogen and oxygen atoms in total. The van der Waals surface area contributed by atoms with E-state index < -0.39 is 16.1 Å². The number of aryl methyl sites for hydroxylation is 2. The summed E-state index contributed by atoms with van der Waals surface area (Å²) in [6, 6.07) is 52.1. The topological polar surface area (TPSA) is 6.48 Å². The molecule has 0 atom stereocenters. The molecule has 0 saturated carbocycles. The number of benzene rings is 6. The van der Waals surface area contributed by atoms with E-state index >= 15 is 0 Å². The summed E-state index contributed by atoms with van der Waals surface area (Å²) in [6.45, 7) is 25.1. The first-order valence-corrected chi connectivity index (χ1v) is 28.8. The zero-order valence-corrected chi connectivity index (χ0v) is 38.9. The number of anilines is 5. The van der Waals surface area contributed by atoms with Gasteiger partial charge in [-0.25, -0.2) is 0 Å². The summed E-state index contributed by atoms with van der Waals surface area (Å²) in [6.07, 6.45) is 14.4. The zero-order chi connectivity index (χ0) is 42.2. The van der Waals surface area contributed by atoms with Crippen LogP contribution in [-0.2, 0) is 17.5 Å². The third-order valence-corrected chi connectivity index (χ3v) is 23.0. The lowest BCUT2D eigenvalue weighted by molar-refractivity contribution is 0.937. The molecule has 0 spiro atoms. The molecule has 6 aromatic rings. The van der Waals surface area contributed by atoms with Gasteiger partial charge >= 0.3 is 0 Å². The molecule has 0 heterocycles. The van der Waals surface area contributed by atoms with Gasteiger partial charge in [-0.15, -0.1) is 0 Å². The van der Waals surface area contributed by atoms with E-state index in [-0.39, 0.29) is 4.66 Å². The second kappa shape index (κ2) is 16.4. The van der Waals surface area contributed by atoms with Gasteiger partial charge < -0.3 is 9.80 Å². The molecule has 4 heteroatoms. The normalized spacial score (nSPS) is 17.1. The molecule has 0 aliphatic heterocycles. The Balaban J connectivity index is 1.50. The van der Waals surface area contributed by atoms with Crippen molar-refractivity contribution in [1.82, 2.24) is 0 Å². The molecule has 0 aromatic heterocycles. The van der Waals surface area contributed by atoms with Crippen LogP contribution in [0.4, 0.5) is 28.4 Å². The van der Waals surface area contributed by atoms with Crippen LogP contribution in [0.25, 0.3) is 16.3 Å². The Morgan fingerprint density at radius 2 is 1.05 bits per heavy atom. The minimum Gasteiger partial charge on any atom is -0.310 e. The van der Waals surface area contributed by atoms with Gasteiger partial charge in [-0.1, -0.05) is 169 Å². The van der Waals surface area contributed by atoms with Crippen LogP contribution in [0.15, 0.2) is 193 Å². The Morgan fingerprint density at radius 3 is 1.58 bits per heavy atom. The molecule has 0 amide bonds. The summed E-state index contributed by atoms with van der Waals surface area (Å²) < 4.78 is -0.158. The number of rotatable bonds is 10. The van der Waals surface area contributed by atoms with Gasteiger partial charge in [0.2, 0.25) is 0 Å². The molecule has 0 fully saturated rings. The lowest BCUT2D eigenvalue weighted by Crippen LogP contribution is -2.64. The van der Waals surface area contributed by atoms with Crippen molar-refractivity contribution >= 4 is 60.9 Å². The summed E-state index contributed by atoms with van der Waals surface area (Å²) in [5, 5.41) is 2.59. The molecule has 0 bridgehead atoms. The average Bonchev–Trinajstić information content (AvgIpc) is 3.55. The Labute approximate surface area is 361 Å². The second-order valence-electron chi connectivity index (χ2n) is 18.4. The molecule has 0 saturated heterocycles. The standard InChI is InChI=1S/C56H60N2Si2/c1-10-42-31-35-46(36-32-42)57(44-24-16-13-17-25-44)53-39-51-50(30-20-12-15-23-41(53)3)55-49-29-22-21-28-48(49)54(40-52(55)56(51,59(4,5)6)60(7,8)9)58(45-26-18-14-19-27-45)47-37-33-43(11-2)34-38-47/h12-29,31-40H,3,10-11,30H2,1-2,4-9H3/b20-12-,23-15-,53-39+. The SMILES string of the molecule is C=C1/C=C\C=C/CC2=C(/C=C\1N(c1ccccc1)c1ccc(CC)cc1)C([Si](C)(C)C)([Si](C)(C)C)c1cc(N(c3ccccc3)c3ccc(CC)cc3)c3ccccc3c12. The van der Waals surface area contributed by atoms with E-state index in [1.54, 1.807) is 0 Å². The molecular formula is C56H60N2Si2. The molecule has 2 aliphatic carbocycles. The van der Waals surface area contributed by atoms with Crippen LogP contribution >= 0.6 is 0 Å². The Bertz CT molecular complexity index is 2640. The highest BCUT2D eigenvalue weighted by Gasteiger charge is 2.60. The van der Waals surface area contributed by atoms with E-state index in [0.29, 0.717) is 0 Å². The highest BCUT2D eigenvalue weighted by molar-refractivity contribution is 6.99. The summed E-state index contributed by atoms with van der Waals surface area (Å²) in [5.74, 6) is 0. The largest absolute Gasteiger partial charge is 0.310 e. The second-order valence-corrected chi connectivity index (χ2v) is 29.4. The van der Waals surface area contributed by atoms with Gasteiger partial charge in [0.25, 0.3) is 0 Å². The summed E-state index contributed by atoms with van der Waals surface area (Å²) in [7, 11) is -4.32. The van der Waals surface area contributed by atoms with Gasteiger partial charge in [-0.3, -0.25) is 0 Å². The lowest BCUT2D eigenvalue weighted by Gasteiger charge is -2.52. The van der Waals surface area contributed by atoms with E-state index in [9.17, 15) is 0 Å². The maximum atomic E-state index is 4.84. The third-order valence-electron chi connectivity index (χ3n) is 12.9. The summed E-state index contributed by atoms with van der Waals surface area (Å²) in [4.78, 5) is 4.96. The predicted octanol–water partition coefficient (Wildman–Crippen LogP) is 16.0. The number of nitrogens with zero attached hydrogens (tertiary/aromatic N) is 2. The number of hydrogen-bond acceptors (Lipinski definition) is 2. The van der Waals surface area contributed by atoms with Gasteiger partial charge in [0.1, 0.15) is 0 Å². The van der Waals surface area contributed by atoms with Crippen molar-refractivity contribution in [2.75, 3.05) is 9.80 Å². The number of hydrogen-bond donors (Lipinski definition) is 0. The minimum atomic E-state index is -2.16. The first kappa shape index (κ1) is 41.1. The molecule has 0 unspecified atom stereocenters. The van der Waals surface area contributed by atoms with E-state index in [2.05, 4.69) is 233 Å². The van der Waals surface area contributed by atoms with Crippen molar-refractivity contribution in [1.29, 1.82) is 0 Å².